The van der Waals surface area contributed by atoms with Crippen molar-refractivity contribution in [3.05, 3.63) is 17.7 Å². The van der Waals surface area contributed by atoms with Crippen LogP contribution in [0.2, 0.25) is 0 Å². The van der Waals surface area contributed by atoms with Crippen LogP contribution in [0.25, 0.3) is 0 Å². The number of amides is 1. The van der Waals surface area contributed by atoms with Crippen molar-refractivity contribution in [2.24, 2.45) is 0 Å². The van der Waals surface area contributed by atoms with E-state index in [1.165, 1.54) is 0 Å². The molecule has 0 radical (unpaired) electrons. The van der Waals surface area contributed by atoms with Gasteiger partial charge in [-0.1, -0.05) is 0 Å². The van der Waals surface area contributed by atoms with Gasteiger partial charge in [0.2, 0.25) is 5.91 Å². The fourth-order valence-electron chi connectivity index (χ4n) is 2.64. The van der Waals surface area contributed by atoms with Crippen molar-refractivity contribution < 1.29 is 14.3 Å². The lowest BCUT2D eigenvalue weighted by atomic mass is 10.1. The summed E-state index contributed by atoms with van der Waals surface area (Å²) in [5.74, 6) is 1.71. The van der Waals surface area contributed by atoms with E-state index in [1.807, 2.05) is 18.4 Å². The van der Waals surface area contributed by atoms with Crippen molar-refractivity contribution in [2.75, 3.05) is 26.0 Å². The Kier molecular flexibility index (Phi) is 4.55. The van der Waals surface area contributed by atoms with E-state index in [0.717, 1.165) is 41.3 Å². The van der Waals surface area contributed by atoms with Crippen molar-refractivity contribution in [3.8, 4) is 11.5 Å². The summed E-state index contributed by atoms with van der Waals surface area (Å²) in [4.78, 5) is 12.9. The highest BCUT2D eigenvalue weighted by Crippen LogP contribution is 2.36. The van der Waals surface area contributed by atoms with Crippen LogP contribution in [0.3, 0.4) is 0 Å². The van der Waals surface area contributed by atoms with E-state index in [4.69, 9.17) is 9.47 Å². The molecule has 114 valence electrons. The molecular weight excluding hydrogens is 288 g/mol. The molecule has 0 spiro atoms. The number of fused-ring (bicyclic) bond motifs is 1. The van der Waals surface area contributed by atoms with Gasteiger partial charge in [0.25, 0.3) is 0 Å². The van der Waals surface area contributed by atoms with Crippen LogP contribution in [0.5, 0.6) is 11.5 Å². The molecule has 0 aliphatic carbocycles. The van der Waals surface area contributed by atoms with Gasteiger partial charge in [0.15, 0.2) is 11.5 Å². The van der Waals surface area contributed by atoms with Crippen LogP contribution in [0.15, 0.2) is 17.0 Å². The number of ether oxygens (including phenoxy) is 2. The van der Waals surface area contributed by atoms with E-state index in [1.54, 1.807) is 11.8 Å². The van der Waals surface area contributed by atoms with Gasteiger partial charge in [-0.25, -0.2) is 0 Å². The normalized spacial score (nSPS) is 21.0. The maximum absolute atomic E-state index is 11.8. The molecule has 1 fully saturated rings. The Morgan fingerprint density at radius 3 is 2.81 bits per heavy atom. The second-order valence-electron chi connectivity index (χ2n) is 5.17. The van der Waals surface area contributed by atoms with Crippen molar-refractivity contribution in [1.29, 1.82) is 0 Å². The van der Waals surface area contributed by atoms with Gasteiger partial charge < -0.3 is 20.1 Å². The molecular formula is C15H20N2O3S. The van der Waals surface area contributed by atoms with Gasteiger partial charge in [-0.15, -0.1) is 11.8 Å². The highest BCUT2D eigenvalue weighted by Gasteiger charge is 2.22. The van der Waals surface area contributed by atoms with E-state index in [-0.39, 0.29) is 11.9 Å². The lowest BCUT2D eigenvalue weighted by Gasteiger charge is -2.24. The van der Waals surface area contributed by atoms with Gasteiger partial charge in [0.05, 0.1) is 6.04 Å². The average Bonchev–Trinajstić information content (AvgIpc) is 2.53. The van der Waals surface area contributed by atoms with Crippen LogP contribution in [0.4, 0.5) is 0 Å². The van der Waals surface area contributed by atoms with E-state index in [2.05, 4.69) is 10.6 Å². The monoisotopic (exact) mass is 308 g/mol. The molecule has 0 aromatic heterocycles. The first-order valence-corrected chi connectivity index (χ1v) is 8.48. The van der Waals surface area contributed by atoms with Crippen LogP contribution in [-0.4, -0.2) is 38.0 Å². The fraction of sp³-hybridized carbons (Fsp3) is 0.533. The molecule has 1 unspecified atom stereocenters. The molecule has 1 aromatic rings. The number of rotatable bonds is 4. The molecule has 1 saturated heterocycles. The SMILES string of the molecule is CSc1cc2c(cc1CNC1CCCNC1=O)OCCO2. The first kappa shape index (κ1) is 14.5. The summed E-state index contributed by atoms with van der Waals surface area (Å²) >= 11 is 1.68. The van der Waals surface area contributed by atoms with E-state index >= 15 is 0 Å². The Labute approximate surface area is 128 Å². The number of hydrogen-bond donors (Lipinski definition) is 2. The number of hydrogen-bond acceptors (Lipinski definition) is 5. The van der Waals surface area contributed by atoms with E-state index in [0.29, 0.717) is 19.8 Å². The highest BCUT2D eigenvalue weighted by atomic mass is 32.2. The van der Waals surface area contributed by atoms with Crippen molar-refractivity contribution in [3.63, 3.8) is 0 Å². The number of carbonyl (C=O) groups excluding carboxylic acids is 1. The number of thioether (sulfide) groups is 1. The van der Waals surface area contributed by atoms with Gasteiger partial charge >= 0.3 is 0 Å². The third-order valence-corrected chi connectivity index (χ3v) is 4.59. The van der Waals surface area contributed by atoms with Crippen LogP contribution < -0.4 is 20.1 Å². The maximum atomic E-state index is 11.8. The Hall–Kier alpha value is -1.40. The molecule has 2 aliphatic rings. The first-order valence-electron chi connectivity index (χ1n) is 7.25. The molecule has 2 N–H and O–H groups in total. The minimum absolute atomic E-state index is 0.0957. The smallest absolute Gasteiger partial charge is 0.237 e. The van der Waals surface area contributed by atoms with Crippen LogP contribution in [0, 0.1) is 0 Å². The molecule has 2 aliphatic heterocycles. The Bertz CT molecular complexity index is 536. The highest BCUT2D eigenvalue weighted by molar-refractivity contribution is 7.98. The molecule has 6 heteroatoms. The predicted octanol–water partition coefficient (Wildman–Crippen LogP) is 1.55. The first-order chi connectivity index (χ1) is 10.3. The number of carbonyl (C=O) groups is 1. The average molecular weight is 308 g/mol. The topological polar surface area (TPSA) is 59.6 Å². The molecule has 0 bridgehead atoms. The van der Waals surface area contributed by atoms with Gasteiger partial charge in [-0.3, -0.25) is 4.79 Å². The molecule has 1 atom stereocenters. The molecule has 3 rings (SSSR count). The molecule has 21 heavy (non-hydrogen) atoms. The summed E-state index contributed by atoms with van der Waals surface area (Å²) in [6.45, 7) is 2.63. The van der Waals surface area contributed by atoms with Gasteiger partial charge in [-0.2, -0.15) is 0 Å². The summed E-state index contributed by atoms with van der Waals surface area (Å²) < 4.78 is 11.2. The number of nitrogens with one attached hydrogen (secondary N) is 2. The summed E-state index contributed by atoms with van der Waals surface area (Å²) in [5, 5.41) is 6.24. The summed E-state index contributed by atoms with van der Waals surface area (Å²) in [7, 11) is 0. The Morgan fingerprint density at radius 2 is 2.10 bits per heavy atom. The third kappa shape index (κ3) is 3.27. The number of benzene rings is 1. The van der Waals surface area contributed by atoms with Crippen LogP contribution >= 0.6 is 11.8 Å². The zero-order valence-electron chi connectivity index (χ0n) is 12.1. The molecule has 2 heterocycles. The quantitative estimate of drug-likeness (QED) is 0.827. The minimum Gasteiger partial charge on any atom is -0.486 e. The van der Waals surface area contributed by atoms with Gasteiger partial charge in [0, 0.05) is 18.0 Å². The zero-order valence-corrected chi connectivity index (χ0v) is 12.9. The lowest BCUT2D eigenvalue weighted by Crippen LogP contribution is -2.47. The predicted molar refractivity (Wildman–Crippen MR) is 82.1 cm³/mol. The van der Waals surface area contributed by atoms with E-state index < -0.39 is 0 Å². The Morgan fingerprint density at radius 1 is 1.33 bits per heavy atom. The van der Waals surface area contributed by atoms with Crippen molar-refractivity contribution >= 4 is 17.7 Å². The van der Waals surface area contributed by atoms with Gasteiger partial charge in [-0.05, 0) is 36.8 Å². The van der Waals surface area contributed by atoms with Crippen LogP contribution in [-0.2, 0) is 11.3 Å². The molecule has 5 nitrogen and oxygen atoms in total. The Balaban J connectivity index is 1.73. The maximum Gasteiger partial charge on any atom is 0.237 e. The van der Waals surface area contributed by atoms with Gasteiger partial charge in [0.1, 0.15) is 13.2 Å². The summed E-state index contributed by atoms with van der Waals surface area (Å²) in [6, 6.07) is 3.95. The molecule has 1 amide bonds. The molecule has 1 aromatic carbocycles. The van der Waals surface area contributed by atoms with Crippen molar-refractivity contribution in [2.45, 2.75) is 30.3 Å². The third-order valence-electron chi connectivity index (χ3n) is 3.77. The summed E-state index contributed by atoms with van der Waals surface area (Å²) in [5.41, 5.74) is 1.14. The van der Waals surface area contributed by atoms with Crippen LogP contribution in [0.1, 0.15) is 18.4 Å². The molecule has 0 saturated carbocycles. The van der Waals surface area contributed by atoms with Crippen molar-refractivity contribution in [1.82, 2.24) is 10.6 Å². The standard InChI is InChI=1S/C15H20N2O3S/c1-21-14-8-13-12(19-5-6-20-13)7-10(14)9-17-11-3-2-4-16-15(11)18/h7-8,11,17H,2-6,9H2,1H3,(H,16,18). The minimum atomic E-state index is -0.0957. The zero-order chi connectivity index (χ0) is 14.7. The number of piperidine rings is 1. The fourth-order valence-corrected chi connectivity index (χ4v) is 3.26. The lowest BCUT2D eigenvalue weighted by molar-refractivity contribution is -0.124. The largest absolute Gasteiger partial charge is 0.486 e. The second-order valence-corrected chi connectivity index (χ2v) is 6.02. The van der Waals surface area contributed by atoms with E-state index in [9.17, 15) is 4.79 Å². The summed E-state index contributed by atoms with van der Waals surface area (Å²) in [6.07, 6.45) is 3.97. The second kappa shape index (κ2) is 6.58.